The van der Waals surface area contributed by atoms with E-state index in [4.69, 9.17) is 9.47 Å². The summed E-state index contributed by atoms with van der Waals surface area (Å²) >= 11 is 0. The highest BCUT2D eigenvalue weighted by molar-refractivity contribution is 5.79. The van der Waals surface area contributed by atoms with Gasteiger partial charge in [-0.2, -0.15) is 0 Å². The Morgan fingerprint density at radius 2 is 1.93 bits per heavy atom. The normalized spacial score (nSPS) is 21.1. The van der Waals surface area contributed by atoms with Crippen LogP contribution < -0.4 is 10.6 Å². The molecule has 1 atom stereocenters. The van der Waals surface area contributed by atoms with E-state index in [0.717, 1.165) is 58.3 Å². The molecule has 1 unspecified atom stereocenters. The molecule has 1 aromatic rings. The van der Waals surface area contributed by atoms with Crippen molar-refractivity contribution >= 4 is 5.96 Å². The molecule has 0 spiro atoms. The predicted molar refractivity (Wildman–Crippen MR) is 118 cm³/mol. The third kappa shape index (κ3) is 7.96. The van der Waals surface area contributed by atoms with Gasteiger partial charge in [-0.3, -0.25) is 9.89 Å². The van der Waals surface area contributed by atoms with Gasteiger partial charge in [0.1, 0.15) is 0 Å². The molecule has 3 rings (SSSR count). The highest BCUT2D eigenvalue weighted by atomic mass is 16.5. The van der Waals surface area contributed by atoms with E-state index in [9.17, 15) is 0 Å². The second-order valence-electron chi connectivity index (χ2n) is 8.02. The highest BCUT2D eigenvalue weighted by Crippen LogP contribution is 2.16. The standard InChI is InChI=1S/C23H38N4O2/c1-24-23(25-12-8-15-29-22-11-16-28-19-22)26-17-20-9-4-5-10-21(20)18-27-13-6-2-3-7-14-27/h4-5,9-10,22H,2-3,6-8,11-19H2,1H3,(H2,24,25,26). The smallest absolute Gasteiger partial charge is 0.191 e. The molecular weight excluding hydrogens is 364 g/mol. The average molecular weight is 403 g/mol. The maximum atomic E-state index is 5.81. The molecule has 6 heteroatoms. The van der Waals surface area contributed by atoms with Gasteiger partial charge in [-0.1, -0.05) is 37.1 Å². The van der Waals surface area contributed by atoms with Crippen molar-refractivity contribution in [3.05, 3.63) is 35.4 Å². The van der Waals surface area contributed by atoms with Crippen LogP contribution in [0.5, 0.6) is 0 Å². The van der Waals surface area contributed by atoms with Crippen molar-refractivity contribution < 1.29 is 9.47 Å². The van der Waals surface area contributed by atoms with Crippen LogP contribution in [0.2, 0.25) is 0 Å². The minimum atomic E-state index is 0.285. The monoisotopic (exact) mass is 402 g/mol. The number of aliphatic imine (C=N–C) groups is 1. The molecule has 0 amide bonds. The summed E-state index contributed by atoms with van der Waals surface area (Å²) in [6.45, 7) is 7.47. The largest absolute Gasteiger partial charge is 0.379 e. The van der Waals surface area contributed by atoms with Crippen molar-refractivity contribution in [2.45, 2.75) is 57.7 Å². The van der Waals surface area contributed by atoms with E-state index in [-0.39, 0.29) is 6.10 Å². The predicted octanol–water partition coefficient (Wildman–Crippen LogP) is 2.92. The third-order valence-electron chi connectivity index (χ3n) is 5.74. The highest BCUT2D eigenvalue weighted by Gasteiger charge is 2.15. The van der Waals surface area contributed by atoms with Crippen molar-refractivity contribution in [3.8, 4) is 0 Å². The van der Waals surface area contributed by atoms with Crippen LogP contribution in [0.1, 0.15) is 49.7 Å². The molecule has 0 aromatic heterocycles. The Balaban J connectivity index is 1.39. The quantitative estimate of drug-likeness (QED) is 0.378. The Morgan fingerprint density at radius 3 is 2.66 bits per heavy atom. The van der Waals surface area contributed by atoms with Gasteiger partial charge in [0.2, 0.25) is 0 Å². The van der Waals surface area contributed by atoms with E-state index >= 15 is 0 Å². The number of hydrogen-bond acceptors (Lipinski definition) is 4. The molecule has 2 fully saturated rings. The Bertz CT molecular complexity index is 609. The van der Waals surface area contributed by atoms with E-state index in [2.05, 4.69) is 44.8 Å². The molecule has 1 aromatic carbocycles. The topological polar surface area (TPSA) is 58.1 Å². The van der Waals surface area contributed by atoms with Gasteiger partial charge < -0.3 is 20.1 Å². The molecule has 2 heterocycles. The number of guanidine groups is 1. The number of hydrogen-bond donors (Lipinski definition) is 2. The van der Waals surface area contributed by atoms with Gasteiger partial charge in [-0.25, -0.2) is 0 Å². The fourth-order valence-electron chi connectivity index (χ4n) is 3.99. The summed E-state index contributed by atoms with van der Waals surface area (Å²) in [5, 5.41) is 6.86. The lowest BCUT2D eigenvalue weighted by atomic mass is 10.1. The van der Waals surface area contributed by atoms with Crippen molar-refractivity contribution in [2.75, 3.05) is 46.5 Å². The number of benzene rings is 1. The molecule has 2 N–H and O–H groups in total. The lowest BCUT2D eigenvalue weighted by Crippen LogP contribution is -2.38. The first-order valence-corrected chi connectivity index (χ1v) is 11.3. The van der Waals surface area contributed by atoms with Crippen molar-refractivity contribution in [1.82, 2.24) is 15.5 Å². The van der Waals surface area contributed by atoms with Crippen molar-refractivity contribution in [2.24, 2.45) is 4.99 Å². The minimum Gasteiger partial charge on any atom is -0.379 e. The molecule has 162 valence electrons. The Hall–Kier alpha value is -1.63. The molecule has 6 nitrogen and oxygen atoms in total. The number of ether oxygens (including phenoxy) is 2. The van der Waals surface area contributed by atoms with E-state index in [1.54, 1.807) is 0 Å². The molecule has 0 bridgehead atoms. The Kier molecular flexibility index (Phi) is 9.76. The van der Waals surface area contributed by atoms with E-state index in [0.29, 0.717) is 0 Å². The number of nitrogens with one attached hydrogen (secondary N) is 2. The summed E-state index contributed by atoms with van der Waals surface area (Å²) in [6, 6.07) is 8.77. The fraction of sp³-hybridized carbons (Fsp3) is 0.696. The molecule has 29 heavy (non-hydrogen) atoms. The summed E-state index contributed by atoms with van der Waals surface area (Å²) in [7, 11) is 1.82. The molecule has 0 aliphatic carbocycles. The summed E-state index contributed by atoms with van der Waals surface area (Å²) in [5.74, 6) is 0.846. The molecule has 0 saturated carbocycles. The van der Waals surface area contributed by atoms with Crippen LogP contribution in [-0.4, -0.2) is 63.5 Å². The minimum absolute atomic E-state index is 0.285. The fourth-order valence-corrected chi connectivity index (χ4v) is 3.99. The van der Waals surface area contributed by atoms with Gasteiger partial charge in [0, 0.05) is 39.9 Å². The van der Waals surface area contributed by atoms with Gasteiger partial charge in [0.25, 0.3) is 0 Å². The van der Waals surface area contributed by atoms with Crippen LogP contribution in [0.3, 0.4) is 0 Å². The zero-order valence-corrected chi connectivity index (χ0v) is 18.0. The first-order valence-electron chi connectivity index (χ1n) is 11.3. The van der Waals surface area contributed by atoms with E-state index in [1.165, 1.54) is 49.9 Å². The Morgan fingerprint density at radius 1 is 1.14 bits per heavy atom. The van der Waals surface area contributed by atoms with Crippen LogP contribution in [-0.2, 0) is 22.6 Å². The zero-order valence-electron chi connectivity index (χ0n) is 18.0. The third-order valence-corrected chi connectivity index (χ3v) is 5.74. The summed E-state index contributed by atoms with van der Waals surface area (Å²) in [4.78, 5) is 6.96. The van der Waals surface area contributed by atoms with Crippen LogP contribution in [0, 0.1) is 0 Å². The zero-order chi connectivity index (χ0) is 20.2. The van der Waals surface area contributed by atoms with Crippen LogP contribution >= 0.6 is 0 Å². The first kappa shape index (κ1) is 22.1. The van der Waals surface area contributed by atoms with E-state index in [1.807, 2.05) is 7.05 Å². The second-order valence-corrected chi connectivity index (χ2v) is 8.02. The van der Waals surface area contributed by atoms with Crippen molar-refractivity contribution in [1.29, 1.82) is 0 Å². The Labute approximate surface area is 176 Å². The van der Waals surface area contributed by atoms with Crippen molar-refractivity contribution in [3.63, 3.8) is 0 Å². The molecular formula is C23H38N4O2. The summed E-state index contributed by atoms with van der Waals surface area (Å²) in [5.41, 5.74) is 2.77. The van der Waals surface area contributed by atoms with Gasteiger partial charge >= 0.3 is 0 Å². The SMILES string of the molecule is CN=C(NCCCOC1CCOC1)NCc1ccccc1CN1CCCCCC1. The van der Waals surface area contributed by atoms with E-state index < -0.39 is 0 Å². The van der Waals surface area contributed by atoms with Crippen LogP contribution in [0.25, 0.3) is 0 Å². The number of likely N-dealkylation sites (tertiary alicyclic amines) is 1. The second kappa shape index (κ2) is 12.8. The van der Waals surface area contributed by atoms with Gasteiger partial charge in [0.15, 0.2) is 5.96 Å². The molecule has 0 radical (unpaired) electrons. The summed E-state index contributed by atoms with van der Waals surface area (Å²) < 4.78 is 11.1. The molecule has 2 aliphatic heterocycles. The first-order chi connectivity index (χ1) is 14.3. The number of nitrogens with zero attached hydrogens (tertiary/aromatic N) is 2. The lowest BCUT2D eigenvalue weighted by Gasteiger charge is -2.22. The van der Waals surface area contributed by atoms with Crippen LogP contribution in [0.4, 0.5) is 0 Å². The van der Waals surface area contributed by atoms with Crippen LogP contribution in [0.15, 0.2) is 29.3 Å². The average Bonchev–Trinajstić information content (AvgIpc) is 3.14. The summed E-state index contributed by atoms with van der Waals surface area (Å²) in [6.07, 6.45) is 7.68. The molecule has 2 saturated heterocycles. The van der Waals surface area contributed by atoms with Gasteiger partial charge in [-0.15, -0.1) is 0 Å². The lowest BCUT2D eigenvalue weighted by molar-refractivity contribution is 0.0420. The maximum absolute atomic E-state index is 5.81. The molecule has 2 aliphatic rings. The van der Waals surface area contributed by atoms with Gasteiger partial charge in [0.05, 0.1) is 12.7 Å². The maximum Gasteiger partial charge on any atom is 0.191 e. The number of rotatable bonds is 9. The van der Waals surface area contributed by atoms with Gasteiger partial charge in [-0.05, 0) is 49.9 Å².